The molecule has 1 aliphatic rings. The van der Waals surface area contributed by atoms with E-state index in [-0.39, 0.29) is 0 Å². The summed E-state index contributed by atoms with van der Waals surface area (Å²) >= 11 is 0. The maximum absolute atomic E-state index is 4.35. The van der Waals surface area contributed by atoms with Gasteiger partial charge in [0.2, 0.25) is 0 Å². The number of nitrogens with one attached hydrogen (secondary N) is 2. The lowest BCUT2D eigenvalue weighted by atomic mass is 9.74. The fourth-order valence-corrected chi connectivity index (χ4v) is 3.61. The number of aryl methyl sites for hydroxylation is 2. The molecule has 0 radical (unpaired) electrons. The third kappa shape index (κ3) is 3.35. The molecule has 0 bridgehead atoms. The van der Waals surface area contributed by atoms with Crippen LogP contribution in [-0.2, 0) is 0 Å². The lowest BCUT2D eigenvalue weighted by Gasteiger charge is -2.37. The molecular formula is C19H24N6. The van der Waals surface area contributed by atoms with Gasteiger partial charge in [-0.05, 0) is 43.7 Å². The van der Waals surface area contributed by atoms with Crippen molar-refractivity contribution in [1.82, 2.24) is 24.9 Å². The number of hydrogen-bond acceptors (Lipinski definition) is 5. The smallest absolute Gasteiger partial charge is 0.254 e. The van der Waals surface area contributed by atoms with Gasteiger partial charge >= 0.3 is 0 Å². The van der Waals surface area contributed by atoms with Gasteiger partial charge in [-0.1, -0.05) is 24.3 Å². The number of fused-ring (bicyclic) bond motifs is 1. The lowest BCUT2D eigenvalue weighted by Crippen LogP contribution is -2.42. The van der Waals surface area contributed by atoms with Crippen molar-refractivity contribution >= 4 is 11.6 Å². The normalized spacial score (nSPS) is 19.8. The molecule has 0 spiro atoms. The number of rotatable bonds is 6. The molecule has 1 saturated carbocycles. The molecule has 4 rings (SSSR count). The molecule has 0 unspecified atom stereocenters. The Balaban J connectivity index is 1.24. The summed E-state index contributed by atoms with van der Waals surface area (Å²) < 4.78 is 1.74. The highest BCUT2D eigenvalue weighted by Crippen LogP contribution is 2.38. The fraction of sp³-hybridized carbons (Fsp3) is 0.421. The van der Waals surface area contributed by atoms with Gasteiger partial charge in [0.25, 0.3) is 5.78 Å². The number of benzene rings is 1. The second-order valence-corrected chi connectivity index (χ2v) is 6.86. The quantitative estimate of drug-likeness (QED) is 0.678. The van der Waals surface area contributed by atoms with Crippen molar-refractivity contribution in [2.24, 2.45) is 0 Å². The van der Waals surface area contributed by atoms with Gasteiger partial charge in [0.15, 0.2) is 0 Å². The van der Waals surface area contributed by atoms with Crippen molar-refractivity contribution in [1.29, 1.82) is 0 Å². The first kappa shape index (κ1) is 16.0. The van der Waals surface area contributed by atoms with E-state index in [0.29, 0.717) is 17.7 Å². The van der Waals surface area contributed by atoms with Crippen molar-refractivity contribution < 1.29 is 0 Å². The zero-order chi connectivity index (χ0) is 17.2. The number of anilines is 1. The molecule has 0 aliphatic heterocycles. The average molecular weight is 336 g/mol. The molecule has 3 aromatic rings. The summed E-state index contributed by atoms with van der Waals surface area (Å²) in [5.41, 5.74) is 3.87. The summed E-state index contributed by atoms with van der Waals surface area (Å²) in [4.78, 5) is 8.50. The predicted molar refractivity (Wildman–Crippen MR) is 99.0 cm³/mol. The Morgan fingerprint density at radius 2 is 2.00 bits per heavy atom. The summed E-state index contributed by atoms with van der Waals surface area (Å²) in [5.74, 6) is 2.29. The van der Waals surface area contributed by atoms with Crippen molar-refractivity contribution in [2.45, 2.75) is 38.6 Å². The van der Waals surface area contributed by atoms with E-state index in [1.165, 1.54) is 30.3 Å². The Labute approximate surface area is 147 Å². The Hall–Kier alpha value is -2.47. The molecule has 2 heterocycles. The number of aromatic nitrogens is 4. The molecule has 1 aromatic carbocycles. The van der Waals surface area contributed by atoms with Gasteiger partial charge < -0.3 is 10.6 Å². The molecule has 6 nitrogen and oxygen atoms in total. The first-order valence-electron chi connectivity index (χ1n) is 8.91. The predicted octanol–water partition coefficient (Wildman–Crippen LogP) is 2.69. The van der Waals surface area contributed by atoms with E-state index in [9.17, 15) is 0 Å². The van der Waals surface area contributed by atoms with E-state index in [1.54, 1.807) is 4.52 Å². The summed E-state index contributed by atoms with van der Waals surface area (Å²) in [7, 11) is 0. The summed E-state index contributed by atoms with van der Waals surface area (Å²) in [6.07, 6.45) is 3.99. The largest absolute Gasteiger partial charge is 0.369 e. The van der Waals surface area contributed by atoms with E-state index in [0.717, 1.165) is 24.6 Å². The van der Waals surface area contributed by atoms with E-state index in [2.05, 4.69) is 56.9 Å². The summed E-state index contributed by atoms with van der Waals surface area (Å²) in [5, 5.41) is 11.3. The molecule has 6 heteroatoms. The van der Waals surface area contributed by atoms with Crippen LogP contribution in [0.15, 0.2) is 36.7 Å². The fourth-order valence-electron chi connectivity index (χ4n) is 3.61. The highest BCUT2D eigenvalue weighted by molar-refractivity contribution is 5.44. The van der Waals surface area contributed by atoms with Crippen LogP contribution in [0.3, 0.4) is 0 Å². The van der Waals surface area contributed by atoms with Gasteiger partial charge in [0, 0.05) is 30.9 Å². The van der Waals surface area contributed by atoms with Crippen LogP contribution in [0.1, 0.15) is 35.6 Å². The molecule has 0 saturated heterocycles. The molecule has 0 atom stereocenters. The second-order valence-electron chi connectivity index (χ2n) is 6.86. The average Bonchev–Trinajstić information content (AvgIpc) is 3.02. The molecular weight excluding hydrogens is 312 g/mol. The Bertz CT molecular complexity index is 865. The molecule has 0 amide bonds. The van der Waals surface area contributed by atoms with Gasteiger partial charge in [-0.15, -0.1) is 0 Å². The van der Waals surface area contributed by atoms with Crippen LogP contribution in [0.5, 0.6) is 0 Å². The minimum atomic E-state index is 0.622. The minimum Gasteiger partial charge on any atom is -0.369 e. The van der Waals surface area contributed by atoms with Crippen molar-refractivity contribution in [2.75, 3.05) is 18.4 Å². The van der Waals surface area contributed by atoms with Crippen LogP contribution in [0.25, 0.3) is 5.78 Å². The summed E-state index contributed by atoms with van der Waals surface area (Å²) in [6.45, 7) is 5.96. The monoisotopic (exact) mass is 336 g/mol. The SMILES string of the molecule is Cc1cc(NCCNC2CC(c3ccccc3C)C2)n2ncnc2n1. The highest BCUT2D eigenvalue weighted by atomic mass is 15.3. The van der Waals surface area contributed by atoms with Gasteiger partial charge in [0.1, 0.15) is 12.1 Å². The first-order chi connectivity index (χ1) is 12.2. The third-order valence-electron chi connectivity index (χ3n) is 5.01. The van der Waals surface area contributed by atoms with Crippen LogP contribution >= 0.6 is 0 Å². The van der Waals surface area contributed by atoms with Crippen LogP contribution in [-0.4, -0.2) is 38.7 Å². The third-order valence-corrected chi connectivity index (χ3v) is 5.01. The number of hydrogen-bond donors (Lipinski definition) is 2. The van der Waals surface area contributed by atoms with Crippen LogP contribution < -0.4 is 10.6 Å². The second kappa shape index (κ2) is 6.80. The van der Waals surface area contributed by atoms with Gasteiger partial charge in [-0.3, -0.25) is 0 Å². The highest BCUT2D eigenvalue weighted by Gasteiger charge is 2.30. The van der Waals surface area contributed by atoms with E-state index >= 15 is 0 Å². The van der Waals surface area contributed by atoms with Gasteiger partial charge in [-0.2, -0.15) is 14.6 Å². The molecule has 130 valence electrons. The van der Waals surface area contributed by atoms with Crippen molar-refractivity contribution in [3.8, 4) is 0 Å². The molecule has 1 aliphatic carbocycles. The van der Waals surface area contributed by atoms with Gasteiger partial charge in [0.05, 0.1) is 0 Å². The van der Waals surface area contributed by atoms with Crippen LogP contribution in [0.2, 0.25) is 0 Å². The zero-order valence-corrected chi connectivity index (χ0v) is 14.7. The molecule has 2 aromatic heterocycles. The Morgan fingerprint density at radius 3 is 2.84 bits per heavy atom. The van der Waals surface area contributed by atoms with E-state index < -0.39 is 0 Å². The maximum atomic E-state index is 4.35. The zero-order valence-electron chi connectivity index (χ0n) is 14.7. The standard InChI is InChI=1S/C19H24N6/c1-13-5-3-4-6-17(13)15-10-16(11-15)20-7-8-21-18-9-14(2)24-19-22-12-23-25(18)19/h3-6,9,12,15-16,20-21H,7-8,10-11H2,1-2H3. The molecule has 1 fully saturated rings. The lowest BCUT2D eigenvalue weighted by molar-refractivity contribution is 0.294. The van der Waals surface area contributed by atoms with Crippen molar-refractivity contribution in [3.05, 3.63) is 53.5 Å². The van der Waals surface area contributed by atoms with Crippen LogP contribution in [0.4, 0.5) is 5.82 Å². The molecule has 25 heavy (non-hydrogen) atoms. The van der Waals surface area contributed by atoms with E-state index in [4.69, 9.17) is 0 Å². The van der Waals surface area contributed by atoms with Crippen LogP contribution in [0, 0.1) is 13.8 Å². The molecule has 2 N–H and O–H groups in total. The van der Waals surface area contributed by atoms with Gasteiger partial charge in [-0.25, -0.2) is 4.98 Å². The number of nitrogens with zero attached hydrogens (tertiary/aromatic N) is 4. The van der Waals surface area contributed by atoms with E-state index in [1.807, 2.05) is 13.0 Å². The first-order valence-corrected chi connectivity index (χ1v) is 8.91. The van der Waals surface area contributed by atoms with Crippen molar-refractivity contribution in [3.63, 3.8) is 0 Å². The Morgan fingerprint density at radius 1 is 1.16 bits per heavy atom. The topological polar surface area (TPSA) is 67.1 Å². The summed E-state index contributed by atoms with van der Waals surface area (Å²) in [6, 6.07) is 11.4. The minimum absolute atomic E-state index is 0.622. The maximum Gasteiger partial charge on any atom is 0.254 e. The Kier molecular flexibility index (Phi) is 4.36.